The van der Waals surface area contributed by atoms with Crippen LogP contribution in [0.1, 0.15) is 6.92 Å². The molecule has 0 saturated heterocycles. The maximum absolute atomic E-state index is 11.3. The smallest absolute Gasteiger partial charge is 0.294 e. The SMILES string of the molecule is CCn1c2ccccc2c2cc(S(=O)(=O)O)cc(Cl)c21. The fourth-order valence-electron chi connectivity index (χ4n) is 2.59. The number of nitrogens with zero attached hydrogens (tertiary/aromatic N) is 1. The number of halogens is 1. The van der Waals surface area contributed by atoms with Crippen LogP contribution in [0, 0.1) is 0 Å². The number of rotatable bonds is 2. The predicted octanol–water partition coefficient (Wildman–Crippen LogP) is 3.71. The molecular formula is C14H12ClNO3S. The second-order valence-electron chi connectivity index (χ2n) is 4.54. The van der Waals surface area contributed by atoms with Gasteiger partial charge >= 0.3 is 0 Å². The van der Waals surface area contributed by atoms with E-state index in [2.05, 4.69) is 0 Å². The molecule has 0 atom stereocenters. The monoisotopic (exact) mass is 309 g/mol. The van der Waals surface area contributed by atoms with E-state index in [1.54, 1.807) is 0 Å². The van der Waals surface area contributed by atoms with Gasteiger partial charge in [0.1, 0.15) is 0 Å². The van der Waals surface area contributed by atoms with Crippen LogP contribution in [-0.4, -0.2) is 17.5 Å². The van der Waals surface area contributed by atoms with E-state index in [0.29, 0.717) is 5.02 Å². The Kier molecular flexibility index (Phi) is 3.01. The van der Waals surface area contributed by atoms with Crippen LogP contribution in [0.15, 0.2) is 41.3 Å². The molecule has 4 nitrogen and oxygen atoms in total. The molecule has 0 unspecified atom stereocenters. The van der Waals surface area contributed by atoms with Crippen molar-refractivity contribution in [3.05, 3.63) is 41.4 Å². The van der Waals surface area contributed by atoms with Crippen LogP contribution in [0.25, 0.3) is 21.8 Å². The van der Waals surface area contributed by atoms with Gasteiger partial charge in [-0.25, -0.2) is 0 Å². The van der Waals surface area contributed by atoms with Crippen molar-refractivity contribution < 1.29 is 13.0 Å². The van der Waals surface area contributed by atoms with E-state index < -0.39 is 10.1 Å². The normalized spacial score (nSPS) is 12.3. The van der Waals surface area contributed by atoms with E-state index >= 15 is 0 Å². The summed E-state index contributed by atoms with van der Waals surface area (Å²) in [5.74, 6) is 0. The van der Waals surface area contributed by atoms with E-state index in [1.165, 1.54) is 12.1 Å². The van der Waals surface area contributed by atoms with Gasteiger partial charge in [-0.05, 0) is 25.1 Å². The number of para-hydroxylation sites is 1. The van der Waals surface area contributed by atoms with Crippen molar-refractivity contribution in [1.29, 1.82) is 0 Å². The second-order valence-corrected chi connectivity index (χ2v) is 6.37. The third kappa shape index (κ3) is 1.90. The average molecular weight is 310 g/mol. The molecule has 2 aromatic carbocycles. The van der Waals surface area contributed by atoms with E-state index in [1.807, 2.05) is 35.8 Å². The summed E-state index contributed by atoms with van der Waals surface area (Å²) in [4.78, 5) is -0.186. The van der Waals surface area contributed by atoms with Crippen molar-refractivity contribution in [3.63, 3.8) is 0 Å². The molecule has 104 valence electrons. The Morgan fingerprint density at radius 3 is 2.55 bits per heavy atom. The number of aryl methyl sites for hydroxylation is 1. The summed E-state index contributed by atoms with van der Waals surface area (Å²) in [5.41, 5.74) is 1.77. The molecule has 0 fully saturated rings. The van der Waals surface area contributed by atoms with Crippen LogP contribution >= 0.6 is 11.6 Å². The van der Waals surface area contributed by atoms with Crippen molar-refractivity contribution in [3.8, 4) is 0 Å². The van der Waals surface area contributed by atoms with Gasteiger partial charge in [0.15, 0.2) is 0 Å². The molecule has 0 aliphatic heterocycles. The molecule has 0 spiro atoms. The van der Waals surface area contributed by atoms with E-state index in [0.717, 1.165) is 28.4 Å². The predicted molar refractivity (Wildman–Crippen MR) is 79.9 cm³/mol. The molecule has 0 radical (unpaired) electrons. The van der Waals surface area contributed by atoms with Crippen LogP contribution in [0.4, 0.5) is 0 Å². The highest BCUT2D eigenvalue weighted by Gasteiger charge is 2.18. The van der Waals surface area contributed by atoms with Gasteiger partial charge in [-0.15, -0.1) is 0 Å². The van der Waals surface area contributed by atoms with Crippen molar-refractivity contribution >= 4 is 43.5 Å². The first-order valence-corrected chi connectivity index (χ1v) is 7.93. The van der Waals surface area contributed by atoms with Crippen molar-refractivity contribution in [2.75, 3.05) is 0 Å². The summed E-state index contributed by atoms with van der Waals surface area (Å²) in [6.45, 7) is 2.72. The lowest BCUT2D eigenvalue weighted by Crippen LogP contribution is -1.99. The summed E-state index contributed by atoms with van der Waals surface area (Å²) in [6, 6.07) is 10.4. The Balaban J connectivity index is 2.57. The first-order chi connectivity index (χ1) is 9.43. The molecule has 0 bridgehead atoms. The minimum atomic E-state index is -4.28. The molecule has 20 heavy (non-hydrogen) atoms. The molecule has 6 heteroatoms. The maximum atomic E-state index is 11.3. The highest BCUT2D eigenvalue weighted by Crippen LogP contribution is 2.35. The average Bonchev–Trinajstić information content (AvgIpc) is 2.72. The molecule has 1 aromatic heterocycles. The second kappa shape index (κ2) is 4.48. The Morgan fingerprint density at radius 1 is 1.20 bits per heavy atom. The molecule has 0 amide bonds. The van der Waals surface area contributed by atoms with E-state index in [4.69, 9.17) is 11.6 Å². The number of hydrogen-bond acceptors (Lipinski definition) is 2. The molecule has 1 N–H and O–H groups in total. The lowest BCUT2D eigenvalue weighted by Gasteiger charge is -2.05. The van der Waals surface area contributed by atoms with E-state index in [9.17, 15) is 13.0 Å². The standard InChI is InChI=1S/C14H12ClNO3S/c1-2-16-13-6-4-3-5-10(13)11-7-9(20(17,18)19)8-12(15)14(11)16/h3-8H,2H2,1H3,(H,17,18,19). The quantitative estimate of drug-likeness (QED) is 0.734. The van der Waals surface area contributed by atoms with Crippen LogP contribution in [0.5, 0.6) is 0 Å². The minimum Gasteiger partial charge on any atom is -0.340 e. The summed E-state index contributed by atoms with van der Waals surface area (Å²) >= 11 is 6.23. The number of aromatic nitrogens is 1. The molecular weight excluding hydrogens is 298 g/mol. The fraction of sp³-hybridized carbons (Fsp3) is 0.143. The third-order valence-electron chi connectivity index (χ3n) is 3.41. The highest BCUT2D eigenvalue weighted by molar-refractivity contribution is 7.85. The van der Waals surface area contributed by atoms with Crippen molar-refractivity contribution in [2.45, 2.75) is 18.4 Å². The molecule has 0 aliphatic carbocycles. The summed E-state index contributed by atoms with van der Waals surface area (Å²) < 4.78 is 33.9. The first kappa shape index (κ1) is 13.4. The molecule has 0 saturated carbocycles. The van der Waals surface area contributed by atoms with Gasteiger partial charge in [0, 0.05) is 22.8 Å². The van der Waals surface area contributed by atoms with Crippen LogP contribution < -0.4 is 0 Å². The topological polar surface area (TPSA) is 59.3 Å². The molecule has 3 rings (SSSR count). The lowest BCUT2D eigenvalue weighted by molar-refractivity contribution is 0.483. The zero-order valence-corrected chi connectivity index (χ0v) is 12.2. The zero-order chi connectivity index (χ0) is 14.5. The van der Waals surface area contributed by atoms with Crippen LogP contribution in [0.2, 0.25) is 5.02 Å². The fourth-order valence-corrected chi connectivity index (χ4v) is 3.51. The number of benzene rings is 2. The highest BCUT2D eigenvalue weighted by atomic mass is 35.5. The van der Waals surface area contributed by atoms with Gasteiger partial charge in [0.2, 0.25) is 0 Å². The third-order valence-corrected chi connectivity index (χ3v) is 4.53. The summed E-state index contributed by atoms with van der Waals surface area (Å²) in [7, 11) is -4.28. The first-order valence-electron chi connectivity index (χ1n) is 6.11. The van der Waals surface area contributed by atoms with Crippen molar-refractivity contribution in [1.82, 2.24) is 4.57 Å². The molecule has 1 heterocycles. The van der Waals surface area contributed by atoms with Gasteiger partial charge in [-0.2, -0.15) is 8.42 Å². The Hall–Kier alpha value is -1.56. The molecule has 0 aliphatic rings. The number of hydrogen-bond donors (Lipinski definition) is 1. The summed E-state index contributed by atoms with van der Waals surface area (Å²) in [6.07, 6.45) is 0. The van der Waals surface area contributed by atoms with Crippen molar-refractivity contribution in [2.24, 2.45) is 0 Å². The maximum Gasteiger partial charge on any atom is 0.294 e. The minimum absolute atomic E-state index is 0.186. The van der Waals surface area contributed by atoms with Gasteiger partial charge < -0.3 is 4.57 Å². The lowest BCUT2D eigenvalue weighted by atomic mass is 10.1. The molecule has 3 aromatic rings. The summed E-state index contributed by atoms with van der Waals surface area (Å²) in [5, 5.41) is 1.95. The van der Waals surface area contributed by atoms with Gasteiger partial charge in [0.05, 0.1) is 15.4 Å². The van der Waals surface area contributed by atoms with Crippen LogP contribution in [0.3, 0.4) is 0 Å². The van der Waals surface area contributed by atoms with Crippen LogP contribution in [-0.2, 0) is 16.7 Å². The van der Waals surface area contributed by atoms with Gasteiger partial charge in [0.25, 0.3) is 10.1 Å². The Bertz CT molecular complexity index is 928. The number of fused-ring (bicyclic) bond motifs is 3. The largest absolute Gasteiger partial charge is 0.340 e. The zero-order valence-electron chi connectivity index (χ0n) is 10.7. The Labute approximate surface area is 121 Å². The Morgan fingerprint density at radius 2 is 1.90 bits per heavy atom. The van der Waals surface area contributed by atoms with Gasteiger partial charge in [-0.3, -0.25) is 4.55 Å². The van der Waals surface area contributed by atoms with E-state index in [-0.39, 0.29) is 4.90 Å². The van der Waals surface area contributed by atoms with Gasteiger partial charge in [-0.1, -0.05) is 29.8 Å².